The van der Waals surface area contributed by atoms with Crippen molar-refractivity contribution in [3.63, 3.8) is 0 Å². The second kappa shape index (κ2) is 4.13. The third kappa shape index (κ3) is 1.39. The van der Waals surface area contributed by atoms with E-state index in [2.05, 4.69) is 35.7 Å². The highest BCUT2D eigenvalue weighted by Crippen LogP contribution is 2.55. The van der Waals surface area contributed by atoms with E-state index >= 15 is 0 Å². The van der Waals surface area contributed by atoms with Crippen molar-refractivity contribution in [3.8, 4) is 0 Å². The van der Waals surface area contributed by atoms with Crippen LogP contribution in [-0.2, 0) is 14.9 Å². The van der Waals surface area contributed by atoms with Crippen molar-refractivity contribution in [1.29, 1.82) is 0 Å². The highest BCUT2D eigenvalue weighted by Gasteiger charge is 2.59. The number of fused-ring (bicyclic) bond motifs is 5. The van der Waals surface area contributed by atoms with E-state index in [1.54, 1.807) is 0 Å². The maximum absolute atomic E-state index is 12.8. The Hall–Kier alpha value is -2.29. The fourth-order valence-electron chi connectivity index (χ4n) is 4.47. The number of rotatable bonds is 0. The number of hydrogen-bond donors (Lipinski definition) is 1. The summed E-state index contributed by atoms with van der Waals surface area (Å²) < 4.78 is 6.01. The molecule has 1 N–H and O–H groups in total. The van der Waals surface area contributed by atoms with Gasteiger partial charge in [0.2, 0.25) is 5.91 Å². The summed E-state index contributed by atoms with van der Waals surface area (Å²) in [5, 5.41) is 3.06. The van der Waals surface area contributed by atoms with Crippen LogP contribution in [0.15, 0.2) is 59.9 Å². The van der Waals surface area contributed by atoms with Gasteiger partial charge in [-0.1, -0.05) is 36.4 Å². The summed E-state index contributed by atoms with van der Waals surface area (Å²) in [6.07, 6.45) is 10.7. The molecule has 3 atom stereocenters. The lowest BCUT2D eigenvalue weighted by Crippen LogP contribution is -2.42. The molecule has 1 amide bonds. The fraction of sp³-hybridized carbons (Fsp3) is 0.316. The first-order valence-electron chi connectivity index (χ1n) is 7.91. The molecular weight excluding hydrogens is 274 g/mol. The van der Waals surface area contributed by atoms with Crippen LogP contribution in [-0.4, -0.2) is 12.5 Å². The van der Waals surface area contributed by atoms with Gasteiger partial charge in [0.05, 0.1) is 0 Å². The molecule has 110 valence electrons. The Morgan fingerprint density at radius 3 is 3.14 bits per heavy atom. The number of anilines is 1. The Labute approximate surface area is 129 Å². The smallest absolute Gasteiger partial charge is 0.239 e. The van der Waals surface area contributed by atoms with Gasteiger partial charge in [0.1, 0.15) is 17.8 Å². The van der Waals surface area contributed by atoms with Crippen molar-refractivity contribution in [1.82, 2.24) is 0 Å². The molecule has 0 saturated carbocycles. The molecule has 2 aliphatic heterocycles. The summed E-state index contributed by atoms with van der Waals surface area (Å²) in [5.41, 5.74) is 2.86. The highest BCUT2D eigenvalue weighted by atomic mass is 16.5. The number of hydrogen-bond acceptors (Lipinski definition) is 2. The number of nitrogens with one attached hydrogen (secondary N) is 1. The molecule has 1 aromatic carbocycles. The van der Waals surface area contributed by atoms with Crippen LogP contribution in [0.3, 0.4) is 0 Å². The molecule has 0 radical (unpaired) electrons. The van der Waals surface area contributed by atoms with Crippen LogP contribution in [0.25, 0.3) is 0 Å². The number of carbonyl (C=O) groups excluding carboxylic acids is 1. The second-order valence-electron chi connectivity index (χ2n) is 6.62. The zero-order valence-corrected chi connectivity index (χ0v) is 12.2. The summed E-state index contributed by atoms with van der Waals surface area (Å²) in [6, 6.07) is 8.05. The predicted molar refractivity (Wildman–Crippen MR) is 84.2 cm³/mol. The Bertz CT molecular complexity index is 773. The van der Waals surface area contributed by atoms with Crippen LogP contribution in [0.1, 0.15) is 18.4 Å². The summed E-state index contributed by atoms with van der Waals surface area (Å²) in [4.78, 5) is 12.8. The Morgan fingerprint density at radius 1 is 1.27 bits per heavy atom. The molecule has 1 spiro atoms. The molecule has 3 heteroatoms. The van der Waals surface area contributed by atoms with Crippen LogP contribution in [0.5, 0.6) is 0 Å². The maximum Gasteiger partial charge on any atom is 0.239 e. The van der Waals surface area contributed by atoms with Crippen molar-refractivity contribution in [2.75, 3.05) is 11.9 Å². The molecule has 3 nitrogen and oxygen atoms in total. The van der Waals surface area contributed by atoms with E-state index in [1.165, 1.54) is 5.57 Å². The summed E-state index contributed by atoms with van der Waals surface area (Å²) in [6.45, 7) is 0.458. The maximum atomic E-state index is 12.8. The average molecular weight is 291 g/mol. The SMILES string of the molecule is O=C1Nc2ccccc2C12COC1=CC3=CC=CCC3CC12. The van der Waals surface area contributed by atoms with E-state index in [0.717, 1.165) is 29.9 Å². The van der Waals surface area contributed by atoms with Gasteiger partial charge in [-0.3, -0.25) is 4.79 Å². The van der Waals surface area contributed by atoms with E-state index in [-0.39, 0.29) is 11.8 Å². The first kappa shape index (κ1) is 12.3. The zero-order chi connectivity index (χ0) is 14.7. The minimum Gasteiger partial charge on any atom is -0.496 e. The van der Waals surface area contributed by atoms with Crippen LogP contribution >= 0.6 is 0 Å². The van der Waals surface area contributed by atoms with Crippen molar-refractivity contribution in [3.05, 3.63) is 65.5 Å². The summed E-state index contributed by atoms with van der Waals surface area (Å²) in [5.74, 6) is 1.76. The number of allylic oxidation sites excluding steroid dienone is 6. The van der Waals surface area contributed by atoms with Gasteiger partial charge in [0.15, 0.2) is 0 Å². The monoisotopic (exact) mass is 291 g/mol. The van der Waals surface area contributed by atoms with E-state index in [9.17, 15) is 4.79 Å². The highest BCUT2D eigenvalue weighted by molar-refractivity contribution is 6.07. The topological polar surface area (TPSA) is 38.3 Å². The molecule has 1 fully saturated rings. The molecule has 1 saturated heterocycles. The number of amides is 1. The Kier molecular flexibility index (Phi) is 2.30. The summed E-state index contributed by atoms with van der Waals surface area (Å²) in [7, 11) is 0. The number of carbonyl (C=O) groups is 1. The Balaban J connectivity index is 1.66. The van der Waals surface area contributed by atoms with Gasteiger partial charge in [-0.25, -0.2) is 0 Å². The lowest BCUT2D eigenvalue weighted by atomic mass is 9.65. The predicted octanol–water partition coefficient (Wildman–Crippen LogP) is 3.31. The Morgan fingerprint density at radius 2 is 2.18 bits per heavy atom. The molecule has 0 aromatic heterocycles. The van der Waals surface area contributed by atoms with E-state index < -0.39 is 5.41 Å². The van der Waals surface area contributed by atoms with Gasteiger partial charge in [0, 0.05) is 11.6 Å². The third-order valence-corrected chi connectivity index (χ3v) is 5.61. The number of benzene rings is 1. The second-order valence-corrected chi connectivity index (χ2v) is 6.62. The molecule has 1 aromatic rings. The normalized spacial score (nSPS) is 34.3. The van der Waals surface area contributed by atoms with Crippen molar-refractivity contribution in [2.45, 2.75) is 18.3 Å². The van der Waals surface area contributed by atoms with Gasteiger partial charge in [0.25, 0.3) is 0 Å². The lowest BCUT2D eigenvalue weighted by Gasteiger charge is -2.33. The quantitative estimate of drug-likeness (QED) is 0.796. The zero-order valence-electron chi connectivity index (χ0n) is 12.2. The number of para-hydroxylation sites is 1. The van der Waals surface area contributed by atoms with Gasteiger partial charge in [-0.15, -0.1) is 0 Å². The van der Waals surface area contributed by atoms with Gasteiger partial charge in [-0.05, 0) is 42.0 Å². The molecule has 4 aliphatic rings. The van der Waals surface area contributed by atoms with Crippen LogP contribution in [0.4, 0.5) is 5.69 Å². The lowest BCUT2D eigenvalue weighted by molar-refractivity contribution is -0.122. The molecular formula is C19H17NO2. The standard InChI is InChI=1S/C19H17NO2/c21-18-19(14-7-3-4-8-16(14)20-18)11-22-17-10-13-6-2-1-5-12(13)9-15(17)19/h1-4,6-8,10,12,15H,5,9,11H2,(H,20,21). The number of ether oxygens (including phenoxy) is 1. The molecule has 0 bridgehead atoms. The van der Waals surface area contributed by atoms with E-state index in [4.69, 9.17) is 4.74 Å². The van der Waals surface area contributed by atoms with Gasteiger partial charge < -0.3 is 10.1 Å². The van der Waals surface area contributed by atoms with Crippen molar-refractivity contribution >= 4 is 11.6 Å². The fourth-order valence-corrected chi connectivity index (χ4v) is 4.47. The average Bonchev–Trinajstić information content (AvgIpc) is 3.06. The minimum atomic E-state index is -0.533. The molecule has 3 unspecified atom stereocenters. The van der Waals surface area contributed by atoms with Gasteiger partial charge in [-0.2, -0.15) is 0 Å². The largest absolute Gasteiger partial charge is 0.496 e. The molecule has 2 aliphatic carbocycles. The molecule has 5 rings (SSSR count). The molecule has 22 heavy (non-hydrogen) atoms. The van der Waals surface area contributed by atoms with E-state index in [1.807, 2.05) is 18.2 Å². The first-order chi connectivity index (χ1) is 10.8. The molecule has 2 heterocycles. The van der Waals surface area contributed by atoms with Gasteiger partial charge >= 0.3 is 0 Å². The first-order valence-corrected chi connectivity index (χ1v) is 7.91. The van der Waals surface area contributed by atoms with Crippen LogP contribution in [0.2, 0.25) is 0 Å². The minimum absolute atomic E-state index is 0.0980. The van der Waals surface area contributed by atoms with Crippen molar-refractivity contribution in [2.24, 2.45) is 11.8 Å². The van der Waals surface area contributed by atoms with Crippen molar-refractivity contribution < 1.29 is 9.53 Å². The third-order valence-electron chi connectivity index (χ3n) is 5.61. The van der Waals surface area contributed by atoms with E-state index in [0.29, 0.717) is 12.5 Å². The van der Waals surface area contributed by atoms with Crippen LogP contribution < -0.4 is 5.32 Å². The van der Waals surface area contributed by atoms with Crippen LogP contribution in [0, 0.1) is 11.8 Å². The summed E-state index contributed by atoms with van der Waals surface area (Å²) >= 11 is 0.